The van der Waals surface area contributed by atoms with Crippen molar-refractivity contribution in [3.05, 3.63) is 33.0 Å². The Hall–Kier alpha value is -1.77. The lowest BCUT2D eigenvalue weighted by molar-refractivity contribution is -0.119. The van der Waals surface area contributed by atoms with E-state index in [9.17, 15) is 9.59 Å². The number of likely N-dealkylation sites (tertiary alicyclic amines) is 1. The summed E-state index contributed by atoms with van der Waals surface area (Å²) in [7, 11) is 2.09. The van der Waals surface area contributed by atoms with E-state index in [1.165, 1.54) is 16.2 Å². The molecule has 2 aliphatic heterocycles. The zero-order valence-corrected chi connectivity index (χ0v) is 15.7. The molecule has 1 saturated heterocycles. The van der Waals surface area contributed by atoms with E-state index >= 15 is 0 Å². The van der Waals surface area contributed by atoms with Gasteiger partial charge in [0.25, 0.3) is 5.91 Å². The first kappa shape index (κ1) is 16.7. The maximum absolute atomic E-state index is 12.7. The lowest BCUT2D eigenvalue weighted by Crippen LogP contribution is -2.42. The summed E-state index contributed by atoms with van der Waals surface area (Å²) in [6.45, 7) is 2.51. The van der Waals surface area contributed by atoms with E-state index in [1.54, 1.807) is 16.2 Å². The van der Waals surface area contributed by atoms with Gasteiger partial charge in [-0.2, -0.15) is 0 Å². The van der Waals surface area contributed by atoms with Crippen molar-refractivity contribution in [2.75, 3.05) is 25.5 Å². The molecule has 4 rings (SSSR count). The number of nitrogens with one attached hydrogen (secondary N) is 1. The fourth-order valence-corrected chi connectivity index (χ4v) is 5.16. The van der Waals surface area contributed by atoms with Crippen molar-refractivity contribution in [1.82, 2.24) is 14.8 Å². The molecule has 1 atom stereocenters. The van der Waals surface area contributed by atoms with Gasteiger partial charge in [-0.1, -0.05) is 6.07 Å². The molecule has 2 aromatic heterocycles. The fourth-order valence-electron chi connectivity index (χ4n) is 3.39. The highest BCUT2D eigenvalue weighted by Crippen LogP contribution is 2.29. The molecule has 0 bridgehead atoms. The van der Waals surface area contributed by atoms with Crippen LogP contribution >= 0.6 is 22.7 Å². The molecule has 2 aromatic rings. The highest BCUT2D eigenvalue weighted by molar-refractivity contribution is 7.15. The number of amides is 2. The molecular formula is C17H20N4O2S2. The summed E-state index contributed by atoms with van der Waals surface area (Å²) in [6, 6.07) is 3.27. The molecule has 0 unspecified atom stereocenters. The van der Waals surface area contributed by atoms with E-state index in [-0.39, 0.29) is 11.8 Å². The summed E-state index contributed by atoms with van der Waals surface area (Å²) in [5, 5.41) is 5.48. The molecule has 0 radical (unpaired) electrons. The highest BCUT2D eigenvalue weighted by atomic mass is 32.1. The quantitative estimate of drug-likeness (QED) is 0.894. The lowest BCUT2D eigenvalue weighted by Gasteiger charge is -2.22. The van der Waals surface area contributed by atoms with Crippen LogP contribution in [-0.4, -0.2) is 52.8 Å². The Morgan fingerprint density at radius 3 is 3.04 bits per heavy atom. The second-order valence-electron chi connectivity index (χ2n) is 6.50. The molecule has 25 heavy (non-hydrogen) atoms. The Balaban J connectivity index is 1.46. The first-order valence-corrected chi connectivity index (χ1v) is 10.1. The number of likely N-dealkylation sites (N-methyl/N-ethyl adjacent to an activating group) is 1. The zero-order chi connectivity index (χ0) is 17.4. The van der Waals surface area contributed by atoms with E-state index in [1.807, 2.05) is 17.5 Å². The molecule has 132 valence electrons. The normalized spacial score (nSPS) is 20.5. The number of rotatable bonds is 3. The summed E-state index contributed by atoms with van der Waals surface area (Å²) in [4.78, 5) is 35.8. The molecule has 2 aliphatic rings. The Morgan fingerprint density at radius 2 is 2.24 bits per heavy atom. The van der Waals surface area contributed by atoms with E-state index in [0.29, 0.717) is 23.0 Å². The Labute approximate surface area is 154 Å². The third-order valence-corrected chi connectivity index (χ3v) is 6.56. The van der Waals surface area contributed by atoms with Crippen LogP contribution in [0.25, 0.3) is 0 Å². The van der Waals surface area contributed by atoms with E-state index in [0.717, 1.165) is 31.6 Å². The van der Waals surface area contributed by atoms with Gasteiger partial charge in [-0.05, 0) is 31.3 Å². The predicted octanol–water partition coefficient (Wildman–Crippen LogP) is 2.44. The Morgan fingerprint density at radius 1 is 1.36 bits per heavy atom. The van der Waals surface area contributed by atoms with Gasteiger partial charge in [0.15, 0.2) is 5.13 Å². The Bertz CT molecular complexity index is 787. The molecule has 0 aliphatic carbocycles. The highest BCUT2D eigenvalue weighted by Gasteiger charge is 2.35. The molecule has 0 spiro atoms. The number of carbonyl (C=O) groups is 2. The van der Waals surface area contributed by atoms with Crippen LogP contribution < -0.4 is 5.32 Å². The zero-order valence-electron chi connectivity index (χ0n) is 14.0. The predicted molar refractivity (Wildman–Crippen MR) is 99.2 cm³/mol. The molecule has 4 heterocycles. The Kier molecular flexibility index (Phi) is 4.58. The topological polar surface area (TPSA) is 65.5 Å². The number of aromatic nitrogens is 1. The summed E-state index contributed by atoms with van der Waals surface area (Å²) >= 11 is 2.96. The molecule has 8 heteroatoms. The van der Waals surface area contributed by atoms with E-state index < -0.39 is 6.04 Å². The van der Waals surface area contributed by atoms with Crippen molar-refractivity contribution in [3.8, 4) is 0 Å². The van der Waals surface area contributed by atoms with Crippen LogP contribution in [-0.2, 0) is 17.8 Å². The first-order valence-electron chi connectivity index (χ1n) is 8.44. The minimum absolute atomic E-state index is 0.0484. The van der Waals surface area contributed by atoms with Gasteiger partial charge in [0, 0.05) is 30.9 Å². The van der Waals surface area contributed by atoms with Crippen molar-refractivity contribution >= 4 is 39.6 Å². The maximum atomic E-state index is 12.7. The van der Waals surface area contributed by atoms with Crippen LogP contribution in [0.4, 0.5) is 5.13 Å². The third-order valence-electron chi connectivity index (χ3n) is 4.70. The van der Waals surface area contributed by atoms with Crippen LogP contribution in [0.15, 0.2) is 17.5 Å². The number of anilines is 1. The van der Waals surface area contributed by atoms with Crippen molar-refractivity contribution in [1.29, 1.82) is 0 Å². The van der Waals surface area contributed by atoms with Crippen LogP contribution in [0.1, 0.15) is 33.1 Å². The van der Waals surface area contributed by atoms with Crippen molar-refractivity contribution < 1.29 is 9.59 Å². The summed E-state index contributed by atoms with van der Waals surface area (Å²) in [5.41, 5.74) is 1.09. The number of fused-ring (bicyclic) bond motifs is 1. The second-order valence-corrected chi connectivity index (χ2v) is 8.53. The van der Waals surface area contributed by atoms with Gasteiger partial charge in [-0.25, -0.2) is 4.98 Å². The van der Waals surface area contributed by atoms with Gasteiger partial charge < -0.3 is 15.1 Å². The van der Waals surface area contributed by atoms with Crippen LogP contribution in [0.2, 0.25) is 0 Å². The summed E-state index contributed by atoms with van der Waals surface area (Å²) < 4.78 is 0. The lowest BCUT2D eigenvalue weighted by atomic mass is 10.2. The summed E-state index contributed by atoms with van der Waals surface area (Å²) in [6.07, 6.45) is 2.48. The smallest absolute Gasteiger partial charge is 0.264 e. The number of carbonyl (C=O) groups excluding carboxylic acids is 2. The largest absolute Gasteiger partial charge is 0.326 e. The number of hydrogen-bond acceptors (Lipinski definition) is 6. The molecule has 1 fully saturated rings. The average Bonchev–Trinajstić information content (AvgIpc) is 3.33. The number of nitrogens with zero attached hydrogens (tertiary/aromatic N) is 3. The van der Waals surface area contributed by atoms with Crippen LogP contribution in [0.3, 0.4) is 0 Å². The summed E-state index contributed by atoms with van der Waals surface area (Å²) in [5.74, 6) is -0.172. The van der Waals surface area contributed by atoms with Gasteiger partial charge in [-0.3, -0.25) is 9.59 Å². The van der Waals surface area contributed by atoms with E-state index in [4.69, 9.17) is 0 Å². The molecular weight excluding hydrogens is 356 g/mol. The molecule has 2 amide bonds. The molecule has 6 nitrogen and oxygen atoms in total. The number of thiazole rings is 1. The number of thiophene rings is 1. The van der Waals surface area contributed by atoms with Gasteiger partial charge in [0.1, 0.15) is 6.04 Å². The van der Waals surface area contributed by atoms with Gasteiger partial charge in [-0.15, -0.1) is 22.7 Å². The molecule has 1 N–H and O–H groups in total. The second kappa shape index (κ2) is 6.86. The van der Waals surface area contributed by atoms with Crippen molar-refractivity contribution in [2.45, 2.75) is 31.8 Å². The molecule has 0 saturated carbocycles. The van der Waals surface area contributed by atoms with Crippen LogP contribution in [0, 0.1) is 0 Å². The SMILES string of the molecule is CN1CCc2nc(NC(=O)[C@@H]3CCCN3C(=O)c3cccs3)sc2C1. The minimum Gasteiger partial charge on any atom is -0.326 e. The maximum Gasteiger partial charge on any atom is 0.264 e. The van der Waals surface area contributed by atoms with E-state index in [2.05, 4.69) is 22.2 Å². The average molecular weight is 377 g/mol. The fraction of sp³-hybridized carbons (Fsp3) is 0.471. The molecule has 0 aromatic carbocycles. The minimum atomic E-state index is -0.404. The number of hydrogen-bond donors (Lipinski definition) is 1. The van der Waals surface area contributed by atoms with Gasteiger partial charge in [0.05, 0.1) is 10.6 Å². The van der Waals surface area contributed by atoms with Gasteiger partial charge in [0.2, 0.25) is 5.91 Å². The van der Waals surface area contributed by atoms with Crippen LogP contribution in [0.5, 0.6) is 0 Å². The van der Waals surface area contributed by atoms with Crippen molar-refractivity contribution in [2.24, 2.45) is 0 Å². The first-order chi connectivity index (χ1) is 12.1. The van der Waals surface area contributed by atoms with Gasteiger partial charge >= 0.3 is 0 Å². The monoisotopic (exact) mass is 376 g/mol. The standard InChI is InChI=1S/C17H20N4O2S2/c1-20-8-6-11-14(10-20)25-17(18-11)19-15(22)12-4-2-7-21(12)16(23)13-5-3-9-24-13/h3,5,9,12H,2,4,6-8,10H2,1H3,(H,18,19,22)/t12-/m0/s1. The van der Waals surface area contributed by atoms with Crippen molar-refractivity contribution in [3.63, 3.8) is 0 Å². The third kappa shape index (κ3) is 3.33.